The molecule has 3 N–H and O–H groups in total. The van der Waals surface area contributed by atoms with Gasteiger partial charge >= 0.3 is 5.97 Å². The number of hydrogen-bond acceptors (Lipinski definition) is 5. The van der Waals surface area contributed by atoms with E-state index in [0.29, 0.717) is 19.3 Å². The lowest BCUT2D eigenvalue weighted by atomic mass is 10.0. The molecular weight excluding hydrogens is 779 g/mol. The lowest BCUT2D eigenvalue weighted by molar-refractivity contribution is -0.151. The van der Waals surface area contributed by atoms with E-state index in [2.05, 4.69) is 26.1 Å². The Bertz CT molecular complexity index is 913. The van der Waals surface area contributed by atoms with Crippen molar-refractivity contribution in [1.82, 2.24) is 5.32 Å². The lowest BCUT2D eigenvalue weighted by Gasteiger charge is -2.24. The lowest BCUT2D eigenvalue weighted by Crippen LogP contribution is -2.46. The Kier molecular flexibility index (Phi) is 50.9. The van der Waals surface area contributed by atoms with Gasteiger partial charge < -0.3 is 20.3 Å². The van der Waals surface area contributed by atoms with Crippen LogP contribution in [0.1, 0.15) is 329 Å². The van der Waals surface area contributed by atoms with Crippen LogP contribution in [0, 0.1) is 0 Å². The molecule has 0 saturated heterocycles. The zero-order valence-corrected chi connectivity index (χ0v) is 43.0. The van der Waals surface area contributed by atoms with Crippen molar-refractivity contribution in [3.05, 3.63) is 0 Å². The summed E-state index contributed by atoms with van der Waals surface area (Å²) in [6.45, 7) is 6.53. The number of carbonyl (C=O) groups is 2. The summed E-state index contributed by atoms with van der Waals surface area (Å²) in [5, 5.41) is 23.9. The number of rotatable bonds is 53. The van der Waals surface area contributed by atoms with E-state index in [1.54, 1.807) is 0 Å². The van der Waals surface area contributed by atoms with Crippen molar-refractivity contribution in [3.63, 3.8) is 0 Å². The maximum Gasteiger partial charge on any atom is 0.306 e. The van der Waals surface area contributed by atoms with Crippen LogP contribution < -0.4 is 5.32 Å². The monoisotopic (exact) mass is 892 g/mol. The third-order valence-electron chi connectivity index (χ3n) is 13.7. The van der Waals surface area contributed by atoms with Crippen molar-refractivity contribution < 1.29 is 24.5 Å². The SMILES string of the molecule is CCCCCCCCCCCCCCCCCCC(=O)OC(CCCCCCCCCCCCCCC)CC(=O)NC(CO)C(O)CCCCCCCCCCCCCCCCC. The summed E-state index contributed by atoms with van der Waals surface area (Å²) in [6.07, 6.45) is 57.4. The first-order valence-electron chi connectivity index (χ1n) is 28.8. The van der Waals surface area contributed by atoms with Gasteiger partial charge in [-0.25, -0.2) is 0 Å². The van der Waals surface area contributed by atoms with Gasteiger partial charge in [-0.1, -0.05) is 290 Å². The van der Waals surface area contributed by atoms with Gasteiger partial charge in [0.25, 0.3) is 0 Å². The average Bonchev–Trinajstić information content (AvgIpc) is 3.28. The van der Waals surface area contributed by atoms with E-state index in [9.17, 15) is 19.8 Å². The minimum absolute atomic E-state index is 0.0884. The number of hydrogen-bond donors (Lipinski definition) is 3. The van der Waals surface area contributed by atoms with Gasteiger partial charge in [-0.3, -0.25) is 9.59 Å². The number of ether oxygens (including phenoxy) is 1. The van der Waals surface area contributed by atoms with Crippen molar-refractivity contribution in [1.29, 1.82) is 0 Å². The molecule has 6 nitrogen and oxygen atoms in total. The van der Waals surface area contributed by atoms with Gasteiger partial charge in [-0.15, -0.1) is 0 Å². The first kappa shape index (κ1) is 61.9. The van der Waals surface area contributed by atoms with Gasteiger partial charge in [0.2, 0.25) is 5.91 Å². The van der Waals surface area contributed by atoms with E-state index < -0.39 is 18.2 Å². The van der Waals surface area contributed by atoms with Crippen LogP contribution in [0.5, 0.6) is 0 Å². The van der Waals surface area contributed by atoms with Crippen LogP contribution in [-0.4, -0.2) is 46.9 Å². The Hall–Kier alpha value is -1.14. The Morgan fingerprint density at radius 1 is 0.397 bits per heavy atom. The molecule has 0 heterocycles. The smallest absolute Gasteiger partial charge is 0.306 e. The zero-order chi connectivity index (χ0) is 45.9. The van der Waals surface area contributed by atoms with E-state index in [4.69, 9.17) is 4.74 Å². The maximum absolute atomic E-state index is 13.2. The van der Waals surface area contributed by atoms with Gasteiger partial charge in [0.05, 0.1) is 25.2 Å². The van der Waals surface area contributed by atoms with Gasteiger partial charge in [-0.05, 0) is 25.7 Å². The number of amides is 1. The Morgan fingerprint density at radius 2 is 0.667 bits per heavy atom. The zero-order valence-electron chi connectivity index (χ0n) is 43.0. The molecule has 6 heteroatoms. The largest absolute Gasteiger partial charge is 0.462 e. The highest BCUT2D eigenvalue weighted by Crippen LogP contribution is 2.19. The highest BCUT2D eigenvalue weighted by Gasteiger charge is 2.24. The van der Waals surface area contributed by atoms with E-state index in [1.165, 1.54) is 244 Å². The molecular formula is C57H113NO5. The molecule has 0 aliphatic carbocycles. The number of aliphatic hydroxyl groups is 2. The molecule has 0 saturated carbocycles. The molecule has 0 aromatic carbocycles. The first-order valence-corrected chi connectivity index (χ1v) is 28.8. The van der Waals surface area contributed by atoms with Gasteiger partial charge in [0.1, 0.15) is 6.10 Å². The highest BCUT2D eigenvalue weighted by atomic mass is 16.5. The van der Waals surface area contributed by atoms with Crippen LogP contribution in [0.15, 0.2) is 0 Å². The molecule has 0 radical (unpaired) electrons. The Balaban J connectivity index is 4.46. The minimum atomic E-state index is -0.780. The van der Waals surface area contributed by atoms with Gasteiger partial charge in [0.15, 0.2) is 0 Å². The van der Waals surface area contributed by atoms with Crippen LogP contribution >= 0.6 is 0 Å². The van der Waals surface area contributed by atoms with Crippen LogP contribution in [0.3, 0.4) is 0 Å². The summed E-state index contributed by atoms with van der Waals surface area (Å²) in [4.78, 5) is 26.2. The molecule has 3 unspecified atom stereocenters. The number of unbranched alkanes of at least 4 members (excludes halogenated alkanes) is 41. The normalized spacial score (nSPS) is 13.0. The van der Waals surface area contributed by atoms with E-state index >= 15 is 0 Å². The molecule has 1 amide bonds. The predicted octanol–water partition coefficient (Wildman–Crippen LogP) is 17.5. The first-order chi connectivity index (χ1) is 31.0. The van der Waals surface area contributed by atoms with Crippen molar-refractivity contribution in [2.45, 2.75) is 347 Å². The third kappa shape index (κ3) is 47.2. The Morgan fingerprint density at radius 3 is 0.968 bits per heavy atom. The summed E-state index contributed by atoms with van der Waals surface area (Å²) in [6, 6.07) is -0.693. The third-order valence-corrected chi connectivity index (χ3v) is 13.7. The summed E-state index contributed by atoms with van der Waals surface area (Å²) >= 11 is 0. The summed E-state index contributed by atoms with van der Waals surface area (Å²) in [5.41, 5.74) is 0. The molecule has 0 fully saturated rings. The molecule has 63 heavy (non-hydrogen) atoms. The number of esters is 1. The van der Waals surface area contributed by atoms with Crippen molar-refractivity contribution in [2.24, 2.45) is 0 Å². The topological polar surface area (TPSA) is 95.9 Å². The fraction of sp³-hybridized carbons (Fsp3) is 0.965. The summed E-state index contributed by atoms with van der Waals surface area (Å²) in [7, 11) is 0. The average molecular weight is 893 g/mol. The summed E-state index contributed by atoms with van der Waals surface area (Å²) < 4.78 is 5.96. The molecule has 0 spiro atoms. The molecule has 0 aromatic rings. The Labute approximate surface area is 394 Å². The van der Waals surface area contributed by atoms with Crippen molar-refractivity contribution >= 4 is 11.9 Å². The van der Waals surface area contributed by atoms with Crippen molar-refractivity contribution in [3.8, 4) is 0 Å². The van der Waals surface area contributed by atoms with Crippen LogP contribution in [-0.2, 0) is 14.3 Å². The fourth-order valence-electron chi connectivity index (χ4n) is 9.32. The molecule has 0 bridgehead atoms. The van der Waals surface area contributed by atoms with Crippen LogP contribution in [0.2, 0.25) is 0 Å². The van der Waals surface area contributed by atoms with E-state index in [0.717, 1.165) is 38.5 Å². The molecule has 376 valence electrons. The standard InChI is InChI=1S/C57H113NO5/c1-4-7-10-13-16-19-22-25-27-29-32-35-38-41-44-47-50-57(62)63-53(48-45-42-39-36-33-30-24-21-18-15-12-9-6-3)51-56(61)58-54(52-59)55(60)49-46-43-40-37-34-31-28-26-23-20-17-14-11-8-5-2/h53-55,59-60H,4-52H2,1-3H3,(H,58,61). The molecule has 3 atom stereocenters. The van der Waals surface area contributed by atoms with Crippen molar-refractivity contribution in [2.75, 3.05) is 6.61 Å². The van der Waals surface area contributed by atoms with E-state index in [1.807, 2.05) is 0 Å². The van der Waals surface area contributed by atoms with Gasteiger partial charge in [0, 0.05) is 6.42 Å². The van der Waals surface area contributed by atoms with Crippen LogP contribution in [0.4, 0.5) is 0 Å². The quantitative estimate of drug-likeness (QED) is 0.0418. The van der Waals surface area contributed by atoms with E-state index in [-0.39, 0.29) is 24.9 Å². The molecule has 0 aromatic heterocycles. The molecule has 0 aliphatic heterocycles. The summed E-state index contributed by atoms with van der Waals surface area (Å²) in [5.74, 6) is -0.445. The molecule has 0 aliphatic rings. The minimum Gasteiger partial charge on any atom is -0.462 e. The number of carbonyl (C=O) groups excluding carboxylic acids is 2. The number of aliphatic hydroxyl groups excluding tert-OH is 2. The molecule has 0 rings (SSSR count). The predicted molar refractivity (Wildman–Crippen MR) is 274 cm³/mol. The highest BCUT2D eigenvalue weighted by molar-refractivity contribution is 5.77. The fourth-order valence-corrected chi connectivity index (χ4v) is 9.32. The maximum atomic E-state index is 13.2. The number of nitrogens with one attached hydrogen (secondary N) is 1. The second-order valence-electron chi connectivity index (χ2n) is 20.1. The second kappa shape index (κ2) is 51.8. The van der Waals surface area contributed by atoms with Crippen LogP contribution in [0.25, 0.3) is 0 Å². The second-order valence-corrected chi connectivity index (χ2v) is 20.1. The van der Waals surface area contributed by atoms with Gasteiger partial charge in [-0.2, -0.15) is 0 Å².